The lowest BCUT2D eigenvalue weighted by atomic mass is 9.85. The van der Waals surface area contributed by atoms with Crippen molar-refractivity contribution in [1.29, 1.82) is 0 Å². The summed E-state index contributed by atoms with van der Waals surface area (Å²) in [6, 6.07) is 0.0515. The van der Waals surface area contributed by atoms with Crippen LogP contribution in [-0.4, -0.2) is 37.2 Å². The van der Waals surface area contributed by atoms with E-state index >= 15 is 0 Å². The Labute approximate surface area is 169 Å². The first kappa shape index (κ1) is 27.7. The molecule has 0 aromatic heterocycles. The lowest BCUT2D eigenvalue weighted by Gasteiger charge is -2.26. The van der Waals surface area contributed by atoms with E-state index in [-0.39, 0.29) is 60.7 Å². The molecule has 2 fully saturated rings. The Bertz CT molecular complexity index is 363. The minimum absolute atomic E-state index is 0. The molecule has 0 spiro atoms. The van der Waals surface area contributed by atoms with Gasteiger partial charge in [0.15, 0.2) is 0 Å². The summed E-state index contributed by atoms with van der Waals surface area (Å²) >= 11 is 0. The molecule has 0 unspecified atom stereocenters. The normalized spacial score (nSPS) is 27.5. The van der Waals surface area contributed by atoms with Crippen LogP contribution in [0.2, 0.25) is 0 Å². The molecule has 6 nitrogen and oxygen atoms in total. The predicted octanol–water partition coefficient (Wildman–Crippen LogP) is 2.98. The quantitative estimate of drug-likeness (QED) is 0.684. The zero-order chi connectivity index (χ0) is 17.9. The monoisotopic (exact) mass is 414 g/mol. The van der Waals surface area contributed by atoms with Crippen molar-refractivity contribution in [3.63, 3.8) is 0 Å². The van der Waals surface area contributed by atoms with Gasteiger partial charge in [-0.05, 0) is 39.5 Å². The summed E-state index contributed by atoms with van der Waals surface area (Å²) < 4.78 is 9.87. The lowest BCUT2D eigenvalue weighted by molar-refractivity contribution is -0.150. The van der Waals surface area contributed by atoms with Crippen molar-refractivity contribution < 1.29 is 19.1 Å². The molecule has 0 bridgehead atoms. The van der Waals surface area contributed by atoms with E-state index < -0.39 is 0 Å². The van der Waals surface area contributed by atoms with Gasteiger partial charge in [-0.3, -0.25) is 9.59 Å². The molecule has 0 amide bonds. The van der Waals surface area contributed by atoms with E-state index in [1.807, 2.05) is 13.8 Å². The maximum absolute atomic E-state index is 11.3. The first-order valence-electron chi connectivity index (χ1n) is 9.35. The van der Waals surface area contributed by atoms with Crippen molar-refractivity contribution >= 4 is 36.8 Å². The van der Waals surface area contributed by atoms with Gasteiger partial charge in [0.25, 0.3) is 0 Å². The topological polar surface area (TPSA) is 105 Å². The molecule has 0 radical (unpaired) electrons. The van der Waals surface area contributed by atoms with Gasteiger partial charge in [0.1, 0.15) is 0 Å². The Morgan fingerprint density at radius 3 is 1.31 bits per heavy atom. The highest BCUT2D eigenvalue weighted by molar-refractivity contribution is 5.85. The molecule has 156 valence electrons. The van der Waals surface area contributed by atoms with Crippen molar-refractivity contribution in [2.45, 2.75) is 77.3 Å². The zero-order valence-electron chi connectivity index (χ0n) is 16.0. The lowest BCUT2D eigenvalue weighted by Crippen LogP contribution is -2.38. The number of halogens is 2. The maximum atomic E-state index is 11.3. The van der Waals surface area contributed by atoms with E-state index in [9.17, 15) is 9.59 Å². The van der Waals surface area contributed by atoms with Gasteiger partial charge >= 0.3 is 11.9 Å². The molecule has 0 aromatic rings. The van der Waals surface area contributed by atoms with Gasteiger partial charge in [0.05, 0.1) is 25.0 Å². The predicted molar refractivity (Wildman–Crippen MR) is 108 cm³/mol. The SMILES string of the molecule is CCOC(=O)[C@@H]1CCCC[C@H]1N.CCOC(=O)[C@H]1CCCC[C@@H]1N.Cl.Cl. The summed E-state index contributed by atoms with van der Waals surface area (Å²) in [6.45, 7) is 4.57. The second-order valence-electron chi connectivity index (χ2n) is 6.61. The molecule has 0 heterocycles. The van der Waals surface area contributed by atoms with Crippen LogP contribution in [0, 0.1) is 11.8 Å². The van der Waals surface area contributed by atoms with E-state index in [2.05, 4.69) is 0 Å². The molecule has 4 atom stereocenters. The van der Waals surface area contributed by atoms with Gasteiger partial charge in [-0.25, -0.2) is 0 Å². The van der Waals surface area contributed by atoms with Gasteiger partial charge in [-0.15, -0.1) is 24.8 Å². The summed E-state index contributed by atoms with van der Waals surface area (Å²) in [7, 11) is 0. The number of hydrogen-bond acceptors (Lipinski definition) is 6. The third-order valence-electron chi connectivity index (χ3n) is 4.82. The molecule has 2 aliphatic rings. The van der Waals surface area contributed by atoms with Crippen molar-refractivity contribution in [2.24, 2.45) is 23.3 Å². The number of ether oxygens (including phenoxy) is 2. The van der Waals surface area contributed by atoms with Gasteiger partial charge in [-0.2, -0.15) is 0 Å². The summed E-state index contributed by atoms with van der Waals surface area (Å²) in [5.41, 5.74) is 11.6. The molecule has 2 saturated carbocycles. The molecule has 0 saturated heterocycles. The summed E-state index contributed by atoms with van der Waals surface area (Å²) in [5, 5.41) is 0. The largest absolute Gasteiger partial charge is 0.466 e. The number of carbonyl (C=O) groups is 2. The summed E-state index contributed by atoms with van der Waals surface area (Å²) in [4.78, 5) is 22.6. The summed E-state index contributed by atoms with van der Waals surface area (Å²) in [6.07, 6.45) is 8.25. The van der Waals surface area contributed by atoms with Crippen LogP contribution >= 0.6 is 24.8 Å². The fraction of sp³-hybridized carbons (Fsp3) is 0.889. The van der Waals surface area contributed by atoms with Crippen molar-refractivity contribution in [1.82, 2.24) is 0 Å². The van der Waals surface area contributed by atoms with Crippen molar-refractivity contribution in [3.05, 3.63) is 0 Å². The Morgan fingerprint density at radius 1 is 0.731 bits per heavy atom. The first-order chi connectivity index (χ1) is 11.5. The van der Waals surface area contributed by atoms with Crippen molar-refractivity contribution in [2.75, 3.05) is 13.2 Å². The van der Waals surface area contributed by atoms with Gasteiger partial charge in [-0.1, -0.05) is 25.7 Å². The second-order valence-corrected chi connectivity index (χ2v) is 6.61. The molecule has 26 heavy (non-hydrogen) atoms. The summed E-state index contributed by atoms with van der Waals surface area (Å²) in [5.74, 6) is -0.299. The molecular weight excluding hydrogens is 379 g/mol. The Hall–Kier alpha value is -0.560. The maximum Gasteiger partial charge on any atom is 0.310 e. The van der Waals surface area contributed by atoms with Gasteiger partial charge < -0.3 is 20.9 Å². The fourth-order valence-corrected chi connectivity index (χ4v) is 3.40. The average molecular weight is 415 g/mol. The van der Waals surface area contributed by atoms with E-state index in [1.54, 1.807) is 0 Å². The molecule has 2 aliphatic carbocycles. The molecule has 8 heteroatoms. The Balaban J connectivity index is 0. The molecular formula is C18H36Cl2N2O4. The zero-order valence-corrected chi connectivity index (χ0v) is 17.6. The Kier molecular flexibility index (Phi) is 16.5. The van der Waals surface area contributed by atoms with Crippen LogP contribution in [0.1, 0.15) is 65.2 Å². The van der Waals surface area contributed by atoms with Crippen LogP contribution in [0.5, 0.6) is 0 Å². The number of rotatable bonds is 4. The van der Waals surface area contributed by atoms with Crippen LogP contribution in [0.25, 0.3) is 0 Å². The second kappa shape index (κ2) is 15.5. The number of hydrogen-bond donors (Lipinski definition) is 2. The van der Waals surface area contributed by atoms with E-state index in [0.717, 1.165) is 51.4 Å². The van der Waals surface area contributed by atoms with Crippen LogP contribution < -0.4 is 11.5 Å². The van der Waals surface area contributed by atoms with E-state index in [1.165, 1.54) is 0 Å². The third-order valence-corrected chi connectivity index (χ3v) is 4.82. The molecule has 4 N–H and O–H groups in total. The van der Waals surface area contributed by atoms with Gasteiger partial charge in [0.2, 0.25) is 0 Å². The molecule has 0 aliphatic heterocycles. The minimum Gasteiger partial charge on any atom is -0.466 e. The smallest absolute Gasteiger partial charge is 0.310 e. The highest BCUT2D eigenvalue weighted by Gasteiger charge is 2.29. The first-order valence-corrected chi connectivity index (χ1v) is 9.35. The third kappa shape index (κ3) is 9.40. The Morgan fingerprint density at radius 2 is 1.04 bits per heavy atom. The molecule has 2 rings (SSSR count). The van der Waals surface area contributed by atoms with E-state index in [0.29, 0.717) is 13.2 Å². The van der Waals surface area contributed by atoms with Crippen LogP contribution in [0.15, 0.2) is 0 Å². The fourth-order valence-electron chi connectivity index (χ4n) is 3.40. The van der Waals surface area contributed by atoms with Crippen LogP contribution in [0.3, 0.4) is 0 Å². The number of carbonyl (C=O) groups excluding carboxylic acids is 2. The highest BCUT2D eigenvalue weighted by Crippen LogP contribution is 2.24. The number of nitrogens with two attached hydrogens (primary N) is 2. The van der Waals surface area contributed by atoms with E-state index in [4.69, 9.17) is 20.9 Å². The van der Waals surface area contributed by atoms with Crippen LogP contribution in [-0.2, 0) is 19.1 Å². The minimum atomic E-state index is -0.107. The number of esters is 2. The standard InChI is InChI=1S/2C9H17NO2.2ClH/c2*1-2-12-9(11)7-5-3-4-6-8(7)10;;/h2*7-8H,2-6,10H2,1H3;2*1H/t2*7-,8-;;/m10../s1. The van der Waals surface area contributed by atoms with Crippen LogP contribution in [0.4, 0.5) is 0 Å². The highest BCUT2D eigenvalue weighted by atomic mass is 35.5. The molecule has 0 aromatic carbocycles. The van der Waals surface area contributed by atoms with Crippen molar-refractivity contribution in [3.8, 4) is 0 Å². The van der Waals surface area contributed by atoms with Gasteiger partial charge in [0, 0.05) is 12.1 Å². The average Bonchev–Trinajstić information content (AvgIpc) is 2.56.